The molecule has 1 N–H and O–H groups in total. The van der Waals surface area contributed by atoms with Crippen molar-refractivity contribution in [1.82, 2.24) is 5.32 Å². The highest BCUT2D eigenvalue weighted by Crippen LogP contribution is 2.20. The summed E-state index contributed by atoms with van der Waals surface area (Å²) in [7, 11) is 1.87. The Morgan fingerprint density at radius 2 is 1.85 bits per heavy atom. The Hall–Kier alpha value is -1.06. The van der Waals surface area contributed by atoms with Gasteiger partial charge in [-0.15, -0.1) is 12.4 Å². The van der Waals surface area contributed by atoms with Crippen LogP contribution in [0.5, 0.6) is 0 Å². The maximum Gasteiger partial charge on any atom is 0.226 e. The average Bonchev–Trinajstić information content (AvgIpc) is 2.46. The lowest BCUT2D eigenvalue weighted by Gasteiger charge is -2.23. The number of hydrogen-bond acceptors (Lipinski definition) is 2. The maximum absolute atomic E-state index is 12.2. The summed E-state index contributed by atoms with van der Waals surface area (Å²) in [5, 5.41) is 3.36. The number of carbonyl (C=O) groups excluding carboxylic acids is 1. The van der Waals surface area contributed by atoms with Gasteiger partial charge in [-0.3, -0.25) is 4.79 Å². The van der Waals surface area contributed by atoms with Crippen molar-refractivity contribution in [2.24, 2.45) is 5.92 Å². The van der Waals surface area contributed by atoms with E-state index in [0.717, 1.165) is 31.1 Å². The molecule has 0 spiro atoms. The lowest BCUT2D eigenvalue weighted by Crippen LogP contribution is -2.30. The van der Waals surface area contributed by atoms with Crippen molar-refractivity contribution in [2.75, 3.05) is 25.0 Å². The van der Waals surface area contributed by atoms with E-state index in [4.69, 9.17) is 0 Å². The Kier molecular flexibility index (Phi) is 7.03. The third-order valence-corrected chi connectivity index (χ3v) is 4.02. The maximum atomic E-state index is 12.2. The number of halogens is 1. The second kappa shape index (κ2) is 8.28. The molecular formula is C16H25ClN2O. The predicted molar refractivity (Wildman–Crippen MR) is 86.7 cm³/mol. The quantitative estimate of drug-likeness (QED) is 0.926. The minimum atomic E-state index is 0. The first-order valence-electron chi connectivity index (χ1n) is 7.21. The van der Waals surface area contributed by atoms with E-state index in [9.17, 15) is 4.79 Å². The monoisotopic (exact) mass is 296 g/mol. The Morgan fingerprint density at radius 3 is 2.45 bits per heavy atom. The Bertz CT molecular complexity index is 413. The first-order valence-corrected chi connectivity index (χ1v) is 7.21. The third kappa shape index (κ3) is 4.80. The van der Waals surface area contributed by atoms with Gasteiger partial charge in [0.15, 0.2) is 0 Å². The second-order valence-corrected chi connectivity index (χ2v) is 5.52. The van der Waals surface area contributed by atoms with Gasteiger partial charge in [0.2, 0.25) is 5.91 Å². The molecule has 0 radical (unpaired) electrons. The molecule has 0 atom stereocenters. The summed E-state index contributed by atoms with van der Waals surface area (Å²) in [4.78, 5) is 14.0. The summed E-state index contributed by atoms with van der Waals surface area (Å²) in [6, 6.07) is 8.12. The van der Waals surface area contributed by atoms with E-state index in [1.54, 1.807) is 4.90 Å². The molecule has 112 valence electrons. The molecule has 0 bridgehead atoms. The van der Waals surface area contributed by atoms with Crippen LogP contribution in [-0.4, -0.2) is 26.0 Å². The van der Waals surface area contributed by atoms with Gasteiger partial charge in [-0.05, 0) is 57.3 Å². The second-order valence-electron chi connectivity index (χ2n) is 5.52. The van der Waals surface area contributed by atoms with Gasteiger partial charge in [0.1, 0.15) is 0 Å². The smallest absolute Gasteiger partial charge is 0.226 e. The van der Waals surface area contributed by atoms with Gasteiger partial charge in [0, 0.05) is 19.2 Å². The van der Waals surface area contributed by atoms with Gasteiger partial charge in [-0.1, -0.05) is 17.7 Å². The topological polar surface area (TPSA) is 32.3 Å². The number of nitrogens with one attached hydrogen (secondary N) is 1. The number of rotatable bonds is 4. The summed E-state index contributed by atoms with van der Waals surface area (Å²) >= 11 is 0. The zero-order valence-electron chi connectivity index (χ0n) is 12.4. The molecule has 0 aromatic heterocycles. The summed E-state index contributed by atoms with van der Waals surface area (Å²) in [6.07, 6.45) is 4.11. The summed E-state index contributed by atoms with van der Waals surface area (Å²) < 4.78 is 0. The SMILES string of the molecule is Cc1ccc(N(C)C(=O)CCC2CCNCC2)cc1.Cl. The fraction of sp³-hybridized carbons (Fsp3) is 0.562. The van der Waals surface area contributed by atoms with Gasteiger partial charge in [-0.25, -0.2) is 0 Å². The molecule has 3 nitrogen and oxygen atoms in total. The van der Waals surface area contributed by atoms with Gasteiger partial charge >= 0.3 is 0 Å². The average molecular weight is 297 g/mol. The van der Waals surface area contributed by atoms with Crippen molar-refractivity contribution in [3.05, 3.63) is 29.8 Å². The van der Waals surface area contributed by atoms with E-state index in [2.05, 4.69) is 12.2 Å². The van der Waals surface area contributed by atoms with Crippen LogP contribution in [0.25, 0.3) is 0 Å². The van der Waals surface area contributed by atoms with Crippen LogP contribution >= 0.6 is 12.4 Å². The van der Waals surface area contributed by atoms with Crippen LogP contribution in [0.4, 0.5) is 5.69 Å². The number of hydrogen-bond donors (Lipinski definition) is 1. The summed E-state index contributed by atoms with van der Waals surface area (Å²) in [5.74, 6) is 0.944. The Labute approximate surface area is 128 Å². The van der Waals surface area contributed by atoms with Gasteiger partial charge in [0.05, 0.1) is 0 Å². The highest BCUT2D eigenvalue weighted by molar-refractivity contribution is 5.92. The summed E-state index contributed by atoms with van der Waals surface area (Å²) in [6.45, 7) is 4.27. The van der Waals surface area contributed by atoms with Gasteiger partial charge in [0.25, 0.3) is 0 Å². The van der Waals surface area contributed by atoms with Crippen LogP contribution in [0.1, 0.15) is 31.2 Å². The minimum absolute atomic E-state index is 0. The van der Waals surface area contributed by atoms with E-state index in [0.29, 0.717) is 6.42 Å². The predicted octanol–water partition coefficient (Wildman–Crippen LogP) is 3.16. The van der Waals surface area contributed by atoms with Crippen LogP contribution < -0.4 is 10.2 Å². The molecule has 1 aliphatic heterocycles. The van der Waals surface area contributed by atoms with Crippen molar-refractivity contribution in [1.29, 1.82) is 0 Å². The van der Waals surface area contributed by atoms with E-state index in [1.165, 1.54) is 18.4 Å². The number of carbonyl (C=O) groups is 1. The fourth-order valence-electron chi connectivity index (χ4n) is 2.58. The number of amides is 1. The van der Waals surface area contributed by atoms with Crippen molar-refractivity contribution < 1.29 is 4.79 Å². The number of piperidine rings is 1. The van der Waals surface area contributed by atoms with E-state index < -0.39 is 0 Å². The molecule has 4 heteroatoms. The molecule has 1 saturated heterocycles. The van der Waals surface area contributed by atoms with Crippen LogP contribution in [0.2, 0.25) is 0 Å². The van der Waals surface area contributed by atoms with Crippen molar-refractivity contribution in [3.63, 3.8) is 0 Å². The highest BCUT2D eigenvalue weighted by Gasteiger charge is 2.16. The fourth-order valence-corrected chi connectivity index (χ4v) is 2.58. The highest BCUT2D eigenvalue weighted by atomic mass is 35.5. The molecule has 1 amide bonds. The third-order valence-electron chi connectivity index (χ3n) is 4.02. The molecule has 1 fully saturated rings. The van der Waals surface area contributed by atoms with Crippen molar-refractivity contribution >= 4 is 24.0 Å². The zero-order valence-corrected chi connectivity index (χ0v) is 13.2. The molecule has 1 aliphatic rings. The summed E-state index contributed by atoms with van der Waals surface area (Å²) in [5.41, 5.74) is 2.21. The molecule has 0 aliphatic carbocycles. The first-order chi connectivity index (χ1) is 9.16. The van der Waals surface area contributed by atoms with Crippen LogP contribution in [-0.2, 0) is 4.79 Å². The van der Waals surface area contributed by atoms with Crippen LogP contribution in [0, 0.1) is 12.8 Å². The molecule has 1 aromatic rings. The molecule has 20 heavy (non-hydrogen) atoms. The Balaban J connectivity index is 0.00000200. The zero-order chi connectivity index (χ0) is 13.7. The minimum Gasteiger partial charge on any atom is -0.317 e. The molecule has 0 unspecified atom stereocenters. The van der Waals surface area contributed by atoms with Crippen molar-refractivity contribution in [3.8, 4) is 0 Å². The lowest BCUT2D eigenvalue weighted by atomic mass is 9.93. The molecule has 1 aromatic carbocycles. The van der Waals surface area contributed by atoms with Crippen molar-refractivity contribution in [2.45, 2.75) is 32.6 Å². The first kappa shape index (κ1) is 17.0. The molecule has 2 rings (SSSR count). The number of aryl methyl sites for hydroxylation is 1. The molecular weight excluding hydrogens is 272 g/mol. The normalized spacial score (nSPS) is 15.5. The van der Waals surface area contributed by atoms with Gasteiger partial charge < -0.3 is 10.2 Å². The van der Waals surface area contributed by atoms with Crippen LogP contribution in [0.15, 0.2) is 24.3 Å². The van der Waals surface area contributed by atoms with Crippen LogP contribution in [0.3, 0.4) is 0 Å². The van der Waals surface area contributed by atoms with E-state index >= 15 is 0 Å². The van der Waals surface area contributed by atoms with E-state index in [1.807, 2.05) is 31.3 Å². The largest absolute Gasteiger partial charge is 0.317 e. The van der Waals surface area contributed by atoms with Gasteiger partial charge in [-0.2, -0.15) is 0 Å². The number of anilines is 1. The number of benzene rings is 1. The number of nitrogens with zero attached hydrogens (tertiary/aromatic N) is 1. The Morgan fingerprint density at radius 1 is 1.25 bits per heavy atom. The van der Waals surface area contributed by atoms with E-state index in [-0.39, 0.29) is 18.3 Å². The standard InChI is InChI=1S/C16H24N2O.ClH/c1-13-3-6-15(7-4-13)18(2)16(19)8-5-14-9-11-17-12-10-14;/h3-4,6-7,14,17H,5,8-12H2,1-2H3;1H. The molecule has 1 heterocycles. The lowest BCUT2D eigenvalue weighted by molar-refractivity contribution is -0.118. The molecule has 0 saturated carbocycles.